The summed E-state index contributed by atoms with van der Waals surface area (Å²) in [6.45, 7) is 2.32. The van der Waals surface area contributed by atoms with Crippen molar-refractivity contribution in [3.05, 3.63) is 56.0 Å². The van der Waals surface area contributed by atoms with Crippen molar-refractivity contribution in [2.24, 2.45) is 0 Å². The molecule has 0 bridgehead atoms. The van der Waals surface area contributed by atoms with Gasteiger partial charge in [0.2, 0.25) is 0 Å². The van der Waals surface area contributed by atoms with Gasteiger partial charge < -0.3 is 14.9 Å². The molecule has 2 saturated heterocycles. The molecule has 29 heavy (non-hydrogen) atoms. The van der Waals surface area contributed by atoms with Crippen LogP contribution in [0.15, 0.2) is 35.3 Å². The van der Waals surface area contributed by atoms with Crippen LogP contribution in [-0.2, 0) is 0 Å². The zero-order chi connectivity index (χ0) is 20.5. The largest absolute Gasteiger partial charge is 0.391 e. The van der Waals surface area contributed by atoms with Gasteiger partial charge in [-0.2, -0.15) is 5.10 Å². The summed E-state index contributed by atoms with van der Waals surface area (Å²) in [5.74, 6) is 0. The highest BCUT2D eigenvalue weighted by molar-refractivity contribution is 6.30. The highest BCUT2D eigenvalue weighted by atomic mass is 35.5. The molecule has 154 valence electrons. The lowest BCUT2D eigenvalue weighted by atomic mass is 10.0. The van der Waals surface area contributed by atoms with Crippen LogP contribution in [0.3, 0.4) is 0 Å². The fourth-order valence-electron chi connectivity index (χ4n) is 4.12. The van der Waals surface area contributed by atoms with E-state index in [1.807, 2.05) is 9.80 Å². The summed E-state index contributed by atoms with van der Waals surface area (Å²) in [6, 6.07) is 6.02. The molecule has 9 nitrogen and oxygen atoms in total. The van der Waals surface area contributed by atoms with Crippen molar-refractivity contribution >= 4 is 28.7 Å². The Labute approximate surface area is 172 Å². The highest BCUT2D eigenvalue weighted by Crippen LogP contribution is 2.34. The molecular weight excluding hydrogens is 398 g/mol. The van der Waals surface area contributed by atoms with Gasteiger partial charge in [-0.1, -0.05) is 11.6 Å². The van der Waals surface area contributed by atoms with E-state index in [0.29, 0.717) is 49.0 Å². The summed E-state index contributed by atoms with van der Waals surface area (Å²) in [5.41, 5.74) is 0.964. The van der Waals surface area contributed by atoms with Crippen LogP contribution < -0.4 is 15.4 Å². The van der Waals surface area contributed by atoms with Crippen LogP contribution in [0.2, 0.25) is 5.02 Å². The molecule has 3 heterocycles. The monoisotopic (exact) mass is 419 g/mol. The topological polar surface area (TPSA) is 105 Å². The second-order valence-electron chi connectivity index (χ2n) is 7.52. The first-order chi connectivity index (χ1) is 13.9. The second kappa shape index (κ2) is 8.00. The van der Waals surface area contributed by atoms with Crippen molar-refractivity contribution in [1.82, 2.24) is 9.78 Å². The van der Waals surface area contributed by atoms with Gasteiger partial charge in [-0.15, -0.1) is 0 Å². The number of hydrogen-bond acceptors (Lipinski definition) is 7. The van der Waals surface area contributed by atoms with Crippen molar-refractivity contribution in [2.75, 3.05) is 36.0 Å². The second-order valence-corrected chi connectivity index (χ2v) is 7.95. The fourth-order valence-corrected chi connectivity index (χ4v) is 4.28. The van der Waals surface area contributed by atoms with E-state index in [0.717, 1.165) is 12.8 Å². The third-order valence-corrected chi connectivity index (χ3v) is 5.79. The first-order valence-corrected chi connectivity index (χ1v) is 10.0. The number of β-amino-alcohol motifs (C(OH)–C–C–N with tert-alkyl or cyclic N) is 1. The van der Waals surface area contributed by atoms with Crippen molar-refractivity contribution in [3.63, 3.8) is 0 Å². The molecule has 1 aromatic carbocycles. The molecule has 0 radical (unpaired) electrons. The molecule has 2 aromatic rings. The molecule has 4 rings (SSSR count). The zero-order valence-electron chi connectivity index (χ0n) is 15.8. The van der Waals surface area contributed by atoms with Crippen LogP contribution in [-0.4, -0.2) is 52.1 Å². The van der Waals surface area contributed by atoms with Gasteiger partial charge in [0.05, 0.1) is 29.0 Å². The van der Waals surface area contributed by atoms with Gasteiger partial charge in [0.1, 0.15) is 5.69 Å². The lowest BCUT2D eigenvalue weighted by Crippen LogP contribution is -2.41. The Balaban J connectivity index is 1.56. The third kappa shape index (κ3) is 4.06. The molecular formula is C19H22ClN5O4. The van der Waals surface area contributed by atoms with Gasteiger partial charge in [-0.25, -0.2) is 4.68 Å². The van der Waals surface area contributed by atoms with E-state index in [-0.39, 0.29) is 23.4 Å². The Morgan fingerprint density at radius 2 is 2.00 bits per heavy atom. The number of aromatic nitrogens is 2. The van der Waals surface area contributed by atoms with E-state index >= 15 is 0 Å². The van der Waals surface area contributed by atoms with Gasteiger partial charge in [-0.3, -0.25) is 14.9 Å². The average Bonchev–Trinajstić information content (AvgIpc) is 3.14. The Hall–Kier alpha value is -2.65. The fraction of sp³-hybridized carbons (Fsp3) is 0.474. The summed E-state index contributed by atoms with van der Waals surface area (Å²) < 4.78 is 1.46. The number of nitrogens with zero attached hydrogens (tertiary/aromatic N) is 5. The number of piperidine rings is 1. The predicted molar refractivity (Wildman–Crippen MR) is 110 cm³/mol. The van der Waals surface area contributed by atoms with Gasteiger partial charge in [0.25, 0.3) is 11.2 Å². The van der Waals surface area contributed by atoms with Crippen molar-refractivity contribution in [3.8, 4) is 0 Å². The number of halogens is 1. The molecule has 0 unspecified atom stereocenters. The maximum absolute atomic E-state index is 12.7. The smallest absolute Gasteiger partial charge is 0.294 e. The summed E-state index contributed by atoms with van der Waals surface area (Å²) in [5, 5.41) is 25.8. The first kappa shape index (κ1) is 19.7. The molecule has 1 aromatic heterocycles. The van der Waals surface area contributed by atoms with E-state index in [9.17, 15) is 20.0 Å². The number of aliphatic hydroxyl groups is 1. The van der Waals surface area contributed by atoms with Crippen LogP contribution in [0.5, 0.6) is 0 Å². The van der Waals surface area contributed by atoms with E-state index in [1.54, 1.807) is 24.4 Å². The first-order valence-electron chi connectivity index (χ1n) is 9.63. The standard InChI is InChI=1S/C19H22ClN5O4/c20-13-3-4-17(18(8-13)25(28)29)23-6-1-2-14(11-23)24-19(27)9-15(10-21-24)22-7-5-16(26)12-22/h3-4,8-10,14,16,26H,1-2,5-7,11-12H2/t14-,16+/m1/s1. The van der Waals surface area contributed by atoms with E-state index in [2.05, 4.69) is 5.10 Å². The minimum Gasteiger partial charge on any atom is -0.391 e. The van der Waals surface area contributed by atoms with Crippen LogP contribution in [0.25, 0.3) is 0 Å². The number of anilines is 2. The van der Waals surface area contributed by atoms with Crippen LogP contribution in [0.4, 0.5) is 17.1 Å². The number of rotatable bonds is 4. The molecule has 1 N–H and O–H groups in total. The molecule has 2 atom stereocenters. The maximum Gasteiger partial charge on any atom is 0.294 e. The van der Waals surface area contributed by atoms with Crippen molar-refractivity contribution in [1.29, 1.82) is 0 Å². The SMILES string of the molecule is O=c1cc(N2CC[C@H](O)C2)cnn1[C@@H]1CCCN(c2ccc(Cl)cc2[N+](=O)[O-])C1. The van der Waals surface area contributed by atoms with Gasteiger partial charge in [-0.05, 0) is 31.4 Å². The highest BCUT2D eigenvalue weighted by Gasteiger charge is 2.28. The maximum atomic E-state index is 12.7. The van der Waals surface area contributed by atoms with E-state index in [1.165, 1.54) is 10.7 Å². The molecule has 2 aliphatic heterocycles. The Bertz CT molecular complexity index is 981. The molecule has 0 spiro atoms. The summed E-state index contributed by atoms with van der Waals surface area (Å²) in [7, 11) is 0. The predicted octanol–water partition coefficient (Wildman–Crippen LogP) is 2.22. The molecule has 2 fully saturated rings. The number of aliphatic hydroxyl groups excluding tert-OH is 1. The summed E-state index contributed by atoms with van der Waals surface area (Å²) >= 11 is 5.92. The third-order valence-electron chi connectivity index (χ3n) is 5.56. The molecule has 0 amide bonds. The number of benzene rings is 1. The minimum atomic E-state index is -0.436. The number of nitro benzene ring substituents is 1. The number of hydrogen-bond donors (Lipinski definition) is 1. The lowest BCUT2D eigenvalue weighted by molar-refractivity contribution is -0.384. The van der Waals surface area contributed by atoms with Gasteiger partial charge in [0, 0.05) is 43.3 Å². The van der Waals surface area contributed by atoms with Gasteiger partial charge >= 0.3 is 0 Å². The molecule has 0 saturated carbocycles. The Morgan fingerprint density at radius 3 is 2.69 bits per heavy atom. The molecule has 2 aliphatic rings. The minimum absolute atomic E-state index is 0.0404. The lowest BCUT2D eigenvalue weighted by Gasteiger charge is -2.34. The summed E-state index contributed by atoms with van der Waals surface area (Å²) in [6.07, 6.45) is 3.52. The quantitative estimate of drug-likeness (QED) is 0.598. The van der Waals surface area contributed by atoms with E-state index in [4.69, 9.17) is 11.6 Å². The van der Waals surface area contributed by atoms with E-state index < -0.39 is 4.92 Å². The molecule has 10 heteroatoms. The van der Waals surface area contributed by atoms with Crippen molar-refractivity contribution in [2.45, 2.75) is 31.4 Å². The average molecular weight is 420 g/mol. The summed E-state index contributed by atoms with van der Waals surface area (Å²) in [4.78, 5) is 27.6. The van der Waals surface area contributed by atoms with Crippen LogP contribution in [0.1, 0.15) is 25.3 Å². The van der Waals surface area contributed by atoms with Gasteiger partial charge in [0.15, 0.2) is 0 Å². The molecule has 0 aliphatic carbocycles. The van der Waals surface area contributed by atoms with Crippen molar-refractivity contribution < 1.29 is 10.0 Å². The van der Waals surface area contributed by atoms with Crippen LogP contribution >= 0.6 is 11.6 Å². The van der Waals surface area contributed by atoms with Crippen LogP contribution in [0, 0.1) is 10.1 Å². The Kier molecular flexibility index (Phi) is 5.42. The number of nitro groups is 1. The Morgan fingerprint density at radius 1 is 1.17 bits per heavy atom. The zero-order valence-corrected chi connectivity index (χ0v) is 16.5. The normalized spacial score (nSPS) is 22.1.